The Morgan fingerprint density at radius 1 is 1.06 bits per heavy atom. The standard InChI is InChI=1S/C15H29NO2/c1-5-8-10-16(11-9-6-2)13-14(4)15(17)18-12-7-3/h13H,5-12H2,1-4H3/b14-13+. The van der Waals surface area contributed by atoms with Crippen LogP contribution in [0.4, 0.5) is 0 Å². The Kier molecular flexibility index (Phi) is 10.5. The minimum absolute atomic E-state index is 0.185. The van der Waals surface area contributed by atoms with Gasteiger partial charge in [-0.3, -0.25) is 0 Å². The Balaban J connectivity index is 4.34. The number of nitrogens with zero attached hydrogens (tertiary/aromatic N) is 1. The lowest BCUT2D eigenvalue weighted by atomic mass is 10.2. The fourth-order valence-corrected chi connectivity index (χ4v) is 1.60. The van der Waals surface area contributed by atoms with E-state index in [1.807, 2.05) is 20.0 Å². The van der Waals surface area contributed by atoms with E-state index < -0.39 is 0 Å². The van der Waals surface area contributed by atoms with Crippen molar-refractivity contribution in [1.82, 2.24) is 4.90 Å². The normalized spacial score (nSPS) is 11.4. The summed E-state index contributed by atoms with van der Waals surface area (Å²) in [6.45, 7) is 10.8. The summed E-state index contributed by atoms with van der Waals surface area (Å²) in [7, 11) is 0. The van der Waals surface area contributed by atoms with Crippen molar-refractivity contribution in [3.05, 3.63) is 11.8 Å². The van der Waals surface area contributed by atoms with Crippen molar-refractivity contribution >= 4 is 5.97 Å². The fourth-order valence-electron chi connectivity index (χ4n) is 1.60. The van der Waals surface area contributed by atoms with Crippen molar-refractivity contribution in [3.8, 4) is 0 Å². The minimum Gasteiger partial charge on any atom is -0.462 e. The van der Waals surface area contributed by atoms with Crippen molar-refractivity contribution in [1.29, 1.82) is 0 Å². The molecule has 0 atom stereocenters. The van der Waals surface area contributed by atoms with E-state index in [9.17, 15) is 4.79 Å². The third-order valence-electron chi connectivity index (χ3n) is 2.73. The van der Waals surface area contributed by atoms with Gasteiger partial charge in [0.05, 0.1) is 6.61 Å². The molecule has 0 amide bonds. The van der Waals surface area contributed by atoms with Crippen molar-refractivity contribution in [2.45, 2.75) is 59.8 Å². The molecule has 0 radical (unpaired) electrons. The molecular weight excluding hydrogens is 226 g/mol. The SMILES string of the molecule is CCCCN(/C=C(\C)C(=O)OCCC)CCCC. The first-order valence-electron chi connectivity index (χ1n) is 7.25. The van der Waals surface area contributed by atoms with Gasteiger partial charge in [-0.1, -0.05) is 33.6 Å². The van der Waals surface area contributed by atoms with Crippen molar-refractivity contribution in [2.75, 3.05) is 19.7 Å². The zero-order valence-electron chi connectivity index (χ0n) is 12.5. The summed E-state index contributed by atoms with van der Waals surface area (Å²) in [5.74, 6) is -0.185. The highest BCUT2D eigenvalue weighted by atomic mass is 16.5. The van der Waals surface area contributed by atoms with Gasteiger partial charge in [-0.25, -0.2) is 4.79 Å². The third kappa shape index (κ3) is 8.15. The third-order valence-corrected chi connectivity index (χ3v) is 2.73. The number of rotatable bonds is 10. The van der Waals surface area contributed by atoms with Crippen LogP contribution in [0.3, 0.4) is 0 Å². The van der Waals surface area contributed by atoms with Crippen LogP contribution in [-0.4, -0.2) is 30.6 Å². The van der Waals surface area contributed by atoms with Crippen LogP contribution in [0.5, 0.6) is 0 Å². The molecule has 0 fully saturated rings. The average molecular weight is 255 g/mol. The van der Waals surface area contributed by atoms with Gasteiger partial charge < -0.3 is 9.64 Å². The summed E-state index contributed by atoms with van der Waals surface area (Å²) in [5, 5.41) is 0. The van der Waals surface area contributed by atoms with Crippen LogP contribution >= 0.6 is 0 Å². The lowest BCUT2D eigenvalue weighted by Crippen LogP contribution is -2.22. The van der Waals surface area contributed by atoms with E-state index in [0.717, 1.165) is 32.4 Å². The lowest BCUT2D eigenvalue weighted by Gasteiger charge is -2.20. The largest absolute Gasteiger partial charge is 0.462 e. The number of hydrogen-bond donors (Lipinski definition) is 0. The van der Waals surface area contributed by atoms with Crippen LogP contribution in [0.15, 0.2) is 11.8 Å². The molecular formula is C15H29NO2. The van der Waals surface area contributed by atoms with E-state index >= 15 is 0 Å². The molecule has 3 heteroatoms. The molecule has 0 spiro atoms. The first-order valence-corrected chi connectivity index (χ1v) is 7.25. The smallest absolute Gasteiger partial charge is 0.335 e. The molecule has 0 rings (SSSR count). The molecule has 106 valence electrons. The maximum Gasteiger partial charge on any atom is 0.335 e. The molecule has 0 aromatic heterocycles. The molecule has 0 aliphatic heterocycles. The monoisotopic (exact) mass is 255 g/mol. The van der Waals surface area contributed by atoms with Crippen LogP contribution in [0.2, 0.25) is 0 Å². The Labute approximate surface area is 112 Å². The average Bonchev–Trinajstić information content (AvgIpc) is 2.38. The van der Waals surface area contributed by atoms with Crippen LogP contribution in [0.25, 0.3) is 0 Å². The highest BCUT2D eigenvalue weighted by molar-refractivity contribution is 5.87. The predicted molar refractivity (Wildman–Crippen MR) is 76.4 cm³/mol. The van der Waals surface area contributed by atoms with Gasteiger partial charge in [-0.15, -0.1) is 0 Å². The number of unbranched alkanes of at least 4 members (excludes halogenated alkanes) is 2. The van der Waals surface area contributed by atoms with E-state index in [2.05, 4.69) is 18.7 Å². The molecule has 0 bridgehead atoms. The van der Waals surface area contributed by atoms with E-state index in [0.29, 0.717) is 12.2 Å². The second kappa shape index (κ2) is 11.1. The highest BCUT2D eigenvalue weighted by Crippen LogP contribution is 2.05. The summed E-state index contributed by atoms with van der Waals surface area (Å²) in [4.78, 5) is 13.9. The Morgan fingerprint density at radius 3 is 2.06 bits per heavy atom. The van der Waals surface area contributed by atoms with Gasteiger partial charge in [0, 0.05) is 24.9 Å². The lowest BCUT2D eigenvalue weighted by molar-refractivity contribution is -0.139. The molecule has 0 aromatic rings. The summed E-state index contributed by atoms with van der Waals surface area (Å²) in [6.07, 6.45) is 7.51. The van der Waals surface area contributed by atoms with E-state index in [1.165, 1.54) is 12.8 Å². The van der Waals surface area contributed by atoms with Crippen LogP contribution in [0.1, 0.15) is 59.8 Å². The first-order chi connectivity index (χ1) is 8.65. The van der Waals surface area contributed by atoms with Crippen LogP contribution in [0, 0.1) is 0 Å². The number of ether oxygens (including phenoxy) is 1. The van der Waals surface area contributed by atoms with Gasteiger partial charge in [-0.05, 0) is 26.2 Å². The number of esters is 1. The van der Waals surface area contributed by atoms with E-state index in [-0.39, 0.29) is 5.97 Å². The molecule has 0 aliphatic carbocycles. The Hall–Kier alpha value is -0.990. The Morgan fingerprint density at radius 2 is 1.61 bits per heavy atom. The summed E-state index contributed by atoms with van der Waals surface area (Å²) in [6, 6.07) is 0. The minimum atomic E-state index is -0.185. The van der Waals surface area contributed by atoms with E-state index in [1.54, 1.807) is 0 Å². The van der Waals surface area contributed by atoms with E-state index in [4.69, 9.17) is 4.74 Å². The molecule has 0 aliphatic rings. The van der Waals surface area contributed by atoms with Crippen molar-refractivity contribution in [3.63, 3.8) is 0 Å². The van der Waals surface area contributed by atoms with Gasteiger partial charge in [0.2, 0.25) is 0 Å². The predicted octanol–water partition coefficient (Wildman–Crippen LogP) is 3.75. The van der Waals surface area contributed by atoms with Crippen molar-refractivity contribution < 1.29 is 9.53 Å². The first kappa shape index (κ1) is 17.0. The zero-order chi connectivity index (χ0) is 13.8. The van der Waals surface area contributed by atoms with Gasteiger partial charge in [0.15, 0.2) is 0 Å². The van der Waals surface area contributed by atoms with Gasteiger partial charge in [0.25, 0.3) is 0 Å². The quantitative estimate of drug-likeness (QED) is 0.440. The highest BCUT2D eigenvalue weighted by Gasteiger charge is 2.07. The number of hydrogen-bond acceptors (Lipinski definition) is 3. The molecule has 0 unspecified atom stereocenters. The fraction of sp³-hybridized carbons (Fsp3) is 0.800. The molecule has 0 N–H and O–H groups in total. The molecule has 0 saturated carbocycles. The van der Waals surface area contributed by atoms with Crippen LogP contribution in [-0.2, 0) is 9.53 Å². The summed E-state index contributed by atoms with van der Waals surface area (Å²) in [5.41, 5.74) is 0.704. The molecule has 0 saturated heterocycles. The molecule has 0 heterocycles. The van der Waals surface area contributed by atoms with Gasteiger partial charge >= 0.3 is 5.97 Å². The number of carbonyl (C=O) groups excluding carboxylic acids is 1. The summed E-state index contributed by atoms with van der Waals surface area (Å²) < 4.78 is 5.13. The maximum absolute atomic E-state index is 11.7. The zero-order valence-corrected chi connectivity index (χ0v) is 12.5. The topological polar surface area (TPSA) is 29.5 Å². The van der Waals surface area contributed by atoms with Gasteiger partial charge in [-0.2, -0.15) is 0 Å². The van der Waals surface area contributed by atoms with Crippen LogP contribution < -0.4 is 0 Å². The summed E-state index contributed by atoms with van der Waals surface area (Å²) >= 11 is 0. The molecule has 3 nitrogen and oxygen atoms in total. The second-order valence-electron chi connectivity index (χ2n) is 4.69. The second-order valence-corrected chi connectivity index (χ2v) is 4.69. The number of carbonyl (C=O) groups is 1. The van der Waals surface area contributed by atoms with Gasteiger partial charge in [0.1, 0.15) is 0 Å². The maximum atomic E-state index is 11.7. The molecule has 0 aromatic carbocycles. The molecule has 18 heavy (non-hydrogen) atoms. The Bertz CT molecular complexity index is 241. The van der Waals surface area contributed by atoms with Crippen molar-refractivity contribution in [2.24, 2.45) is 0 Å².